The summed E-state index contributed by atoms with van der Waals surface area (Å²) < 4.78 is 34.9. The number of aromatic nitrogens is 1. The highest BCUT2D eigenvalue weighted by atomic mass is 32.2. The summed E-state index contributed by atoms with van der Waals surface area (Å²) in [5.41, 5.74) is 1.51. The molecule has 4 aromatic rings. The Balaban J connectivity index is 1.70. The van der Waals surface area contributed by atoms with Gasteiger partial charge in [0.15, 0.2) is 4.80 Å². The predicted molar refractivity (Wildman–Crippen MR) is 134 cm³/mol. The van der Waals surface area contributed by atoms with Crippen LogP contribution in [0.15, 0.2) is 82.7 Å². The molecule has 176 valence electrons. The van der Waals surface area contributed by atoms with Gasteiger partial charge in [0.25, 0.3) is 15.9 Å². The maximum Gasteiger partial charge on any atom is 0.337 e. The second-order valence-corrected chi connectivity index (χ2v) is 9.96. The zero-order valence-corrected chi connectivity index (χ0v) is 20.1. The van der Waals surface area contributed by atoms with Crippen LogP contribution in [-0.4, -0.2) is 32.0 Å². The van der Waals surface area contributed by atoms with Crippen molar-refractivity contribution in [3.8, 4) is 12.3 Å². The van der Waals surface area contributed by atoms with Crippen molar-refractivity contribution in [2.24, 2.45) is 4.99 Å². The topological polar surface area (TPSA) is 107 Å². The minimum atomic E-state index is -3.81. The summed E-state index contributed by atoms with van der Waals surface area (Å²) in [7, 11) is -2.51. The number of hydrogen-bond donors (Lipinski definition) is 1. The molecule has 1 aromatic heterocycles. The van der Waals surface area contributed by atoms with Crippen LogP contribution < -0.4 is 9.52 Å². The lowest BCUT2D eigenvalue weighted by molar-refractivity contribution is 0.0600. The van der Waals surface area contributed by atoms with Gasteiger partial charge in [-0.05, 0) is 48.5 Å². The van der Waals surface area contributed by atoms with E-state index >= 15 is 0 Å². The average Bonchev–Trinajstić information content (AvgIpc) is 3.20. The smallest absolute Gasteiger partial charge is 0.337 e. The quantitative estimate of drug-likeness (QED) is 0.318. The van der Waals surface area contributed by atoms with E-state index in [-0.39, 0.29) is 22.7 Å². The summed E-state index contributed by atoms with van der Waals surface area (Å²) in [4.78, 5) is 29.5. The fourth-order valence-electron chi connectivity index (χ4n) is 3.33. The van der Waals surface area contributed by atoms with Gasteiger partial charge >= 0.3 is 5.97 Å². The molecule has 0 unspecified atom stereocenters. The highest BCUT2D eigenvalue weighted by molar-refractivity contribution is 7.92. The standard InChI is InChI=1S/C25H19N3O5S2/c1-3-14-28-21-13-12-18(24(30)33-2)16-22(21)34-25(28)26-23(29)17-8-7-9-19(15-17)27-35(31,32)20-10-5-4-6-11-20/h1,4-13,15-16,27H,14H2,2H3. The van der Waals surface area contributed by atoms with Crippen LogP contribution in [0, 0.1) is 12.3 Å². The molecule has 0 fully saturated rings. The van der Waals surface area contributed by atoms with E-state index in [1.807, 2.05) is 0 Å². The van der Waals surface area contributed by atoms with Crippen LogP contribution in [0.1, 0.15) is 20.7 Å². The van der Waals surface area contributed by atoms with Crippen molar-refractivity contribution in [3.05, 3.63) is 88.7 Å². The summed E-state index contributed by atoms with van der Waals surface area (Å²) >= 11 is 1.20. The van der Waals surface area contributed by atoms with Gasteiger partial charge in [-0.2, -0.15) is 4.99 Å². The molecule has 0 aliphatic rings. The van der Waals surface area contributed by atoms with Gasteiger partial charge in [0.2, 0.25) is 0 Å². The van der Waals surface area contributed by atoms with Gasteiger partial charge in [0, 0.05) is 11.3 Å². The lowest BCUT2D eigenvalue weighted by Gasteiger charge is -2.08. The van der Waals surface area contributed by atoms with Crippen molar-refractivity contribution in [2.45, 2.75) is 11.4 Å². The third-order valence-electron chi connectivity index (χ3n) is 4.97. The third kappa shape index (κ3) is 5.16. The number of nitrogens with one attached hydrogen (secondary N) is 1. The molecule has 10 heteroatoms. The fraction of sp³-hybridized carbons (Fsp3) is 0.0800. The second kappa shape index (κ2) is 9.97. The third-order valence-corrected chi connectivity index (χ3v) is 7.40. The number of hydrogen-bond acceptors (Lipinski definition) is 6. The van der Waals surface area contributed by atoms with Crippen molar-refractivity contribution < 1.29 is 22.7 Å². The van der Waals surface area contributed by atoms with Crippen LogP contribution in [0.3, 0.4) is 0 Å². The van der Waals surface area contributed by atoms with Gasteiger partial charge in [-0.3, -0.25) is 9.52 Å². The zero-order chi connectivity index (χ0) is 25.0. The summed E-state index contributed by atoms with van der Waals surface area (Å²) in [5, 5.41) is 0. The molecule has 0 atom stereocenters. The first kappa shape index (κ1) is 23.9. The molecule has 1 amide bonds. The van der Waals surface area contributed by atoms with Gasteiger partial charge in [0.1, 0.15) is 0 Å². The Morgan fingerprint density at radius 3 is 2.54 bits per heavy atom. The molecule has 0 spiro atoms. The van der Waals surface area contributed by atoms with Crippen molar-refractivity contribution in [1.82, 2.24) is 4.57 Å². The van der Waals surface area contributed by atoms with Gasteiger partial charge in [-0.25, -0.2) is 13.2 Å². The van der Waals surface area contributed by atoms with Gasteiger partial charge in [-0.15, -0.1) is 6.42 Å². The molecule has 1 heterocycles. The Morgan fingerprint density at radius 2 is 1.83 bits per heavy atom. The van der Waals surface area contributed by atoms with E-state index in [1.165, 1.54) is 36.6 Å². The Hall–Kier alpha value is -4.20. The van der Waals surface area contributed by atoms with Crippen molar-refractivity contribution >= 4 is 49.1 Å². The normalized spacial score (nSPS) is 11.7. The number of methoxy groups -OCH3 is 1. The van der Waals surface area contributed by atoms with E-state index in [9.17, 15) is 18.0 Å². The lowest BCUT2D eigenvalue weighted by Crippen LogP contribution is -2.17. The molecule has 1 N–H and O–H groups in total. The number of fused-ring (bicyclic) bond motifs is 1. The molecule has 8 nitrogen and oxygen atoms in total. The fourth-order valence-corrected chi connectivity index (χ4v) is 5.47. The monoisotopic (exact) mass is 505 g/mol. The molecule has 0 aliphatic heterocycles. The highest BCUT2D eigenvalue weighted by Crippen LogP contribution is 2.21. The number of anilines is 1. The first-order valence-corrected chi connectivity index (χ1v) is 12.5. The van der Waals surface area contributed by atoms with Crippen LogP contribution in [0.5, 0.6) is 0 Å². The predicted octanol–water partition coefficient (Wildman–Crippen LogP) is 3.66. The molecule has 0 saturated carbocycles. The Kier molecular flexibility index (Phi) is 6.82. The number of terminal acetylenes is 1. The van der Waals surface area contributed by atoms with E-state index in [0.29, 0.717) is 15.1 Å². The minimum absolute atomic E-state index is 0.105. The molecule has 0 saturated heterocycles. The van der Waals surface area contributed by atoms with Gasteiger partial charge < -0.3 is 9.30 Å². The lowest BCUT2D eigenvalue weighted by atomic mass is 10.2. The first-order chi connectivity index (χ1) is 16.8. The number of rotatable bonds is 6. The molecule has 35 heavy (non-hydrogen) atoms. The Labute approximate surface area is 205 Å². The van der Waals surface area contributed by atoms with Crippen LogP contribution in [0.4, 0.5) is 5.69 Å². The number of ether oxygens (including phenoxy) is 1. The summed E-state index contributed by atoms with van der Waals surface area (Å²) in [6.45, 7) is 0.167. The van der Waals surface area contributed by atoms with Crippen LogP contribution in [-0.2, 0) is 21.3 Å². The number of sulfonamides is 1. The number of carbonyl (C=O) groups excluding carboxylic acids is 2. The van der Waals surface area contributed by atoms with E-state index in [4.69, 9.17) is 11.2 Å². The number of thiazole rings is 1. The maximum atomic E-state index is 13.0. The summed E-state index contributed by atoms with van der Waals surface area (Å²) in [5.74, 6) is 1.49. The molecule has 0 radical (unpaired) electrons. The SMILES string of the molecule is C#CCn1c(=NC(=O)c2cccc(NS(=O)(=O)c3ccccc3)c2)sc2cc(C(=O)OC)ccc21. The van der Waals surface area contributed by atoms with Crippen LogP contribution >= 0.6 is 11.3 Å². The first-order valence-electron chi connectivity index (χ1n) is 10.2. The largest absolute Gasteiger partial charge is 0.465 e. The second-order valence-electron chi connectivity index (χ2n) is 7.27. The number of benzene rings is 3. The van der Waals surface area contributed by atoms with Crippen molar-refractivity contribution in [3.63, 3.8) is 0 Å². The molecule has 0 aliphatic carbocycles. The number of esters is 1. The number of nitrogens with zero attached hydrogens (tertiary/aromatic N) is 2. The van der Waals surface area contributed by atoms with Crippen molar-refractivity contribution in [2.75, 3.05) is 11.8 Å². The van der Waals surface area contributed by atoms with E-state index in [2.05, 4.69) is 15.6 Å². The zero-order valence-electron chi connectivity index (χ0n) is 18.5. The Morgan fingerprint density at radius 1 is 1.06 bits per heavy atom. The summed E-state index contributed by atoms with van der Waals surface area (Å²) in [6.07, 6.45) is 5.52. The average molecular weight is 506 g/mol. The van der Waals surface area contributed by atoms with Crippen LogP contribution in [0.25, 0.3) is 10.2 Å². The van der Waals surface area contributed by atoms with Gasteiger partial charge in [-0.1, -0.05) is 41.5 Å². The van der Waals surface area contributed by atoms with E-state index < -0.39 is 21.9 Å². The molecule has 0 bridgehead atoms. The van der Waals surface area contributed by atoms with E-state index in [0.717, 1.165) is 5.52 Å². The van der Waals surface area contributed by atoms with Gasteiger partial charge in [0.05, 0.1) is 34.3 Å². The van der Waals surface area contributed by atoms with Crippen LogP contribution in [0.2, 0.25) is 0 Å². The highest BCUT2D eigenvalue weighted by Gasteiger charge is 2.16. The molecule has 4 rings (SSSR count). The molecular formula is C25H19N3O5S2. The number of carbonyl (C=O) groups is 2. The summed E-state index contributed by atoms with van der Waals surface area (Å²) in [6, 6.07) is 19.0. The molecular weight excluding hydrogens is 486 g/mol. The number of amides is 1. The van der Waals surface area contributed by atoms with Crippen molar-refractivity contribution in [1.29, 1.82) is 0 Å². The maximum absolute atomic E-state index is 13.0. The Bertz CT molecular complexity index is 1650. The minimum Gasteiger partial charge on any atom is -0.465 e. The molecule has 3 aromatic carbocycles. The van der Waals surface area contributed by atoms with E-state index in [1.54, 1.807) is 59.2 Å².